The summed E-state index contributed by atoms with van der Waals surface area (Å²) >= 11 is 6.63. The van der Waals surface area contributed by atoms with Crippen molar-refractivity contribution in [2.75, 3.05) is 37.9 Å². The fourth-order valence-corrected chi connectivity index (χ4v) is 6.02. The molecule has 0 aliphatic carbocycles. The fourth-order valence-electron chi connectivity index (χ4n) is 4.85. The van der Waals surface area contributed by atoms with Gasteiger partial charge < -0.3 is 15.4 Å². The minimum atomic E-state index is -3.20. The third kappa shape index (κ3) is 6.74. The lowest BCUT2D eigenvalue weighted by atomic mass is 10.1. The first-order valence-electron chi connectivity index (χ1n) is 12.9. The molecule has 39 heavy (non-hydrogen) atoms. The predicted octanol–water partition coefficient (Wildman–Crippen LogP) is 2.96. The SMILES string of the molecule is CS(=O)(=O)N1CCC(Nc2ncc(C#N)c(-c3cnn(-c4ccc(CN[C@H]5CCCOC5)cc4Cl)c3)n2)CC1. The monoisotopic (exact) mass is 570 g/mol. The number of rotatable bonds is 8. The van der Waals surface area contributed by atoms with Crippen LogP contribution in [0.5, 0.6) is 0 Å². The Kier molecular flexibility index (Phi) is 8.44. The van der Waals surface area contributed by atoms with Gasteiger partial charge in [-0.05, 0) is 43.4 Å². The van der Waals surface area contributed by atoms with E-state index in [1.165, 1.54) is 16.8 Å². The number of halogens is 1. The molecule has 2 aromatic heterocycles. The quantitative estimate of drug-likeness (QED) is 0.418. The molecule has 4 heterocycles. The Hall–Kier alpha value is -3.08. The van der Waals surface area contributed by atoms with Crippen molar-refractivity contribution >= 4 is 27.6 Å². The highest BCUT2D eigenvalue weighted by Crippen LogP contribution is 2.27. The summed E-state index contributed by atoms with van der Waals surface area (Å²) in [5, 5.41) is 21.5. The number of ether oxygens (including phenoxy) is 1. The maximum atomic E-state index is 11.8. The van der Waals surface area contributed by atoms with Crippen molar-refractivity contribution in [2.45, 2.75) is 44.3 Å². The van der Waals surface area contributed by atoms with Gasteiger partial charge in [0.05, 0.1) is 47.2 Å². The van der Waals surface area contributed by atoms with Gasteiger partial charge in [-0.3, -0.25) is 0 Å². The van der Waals surface area contributed by atoms with E-state index in [0.29, 0.717) is 66.3 Å². The number of piperidine rings is 1. The molecule has 2 aliphatic heterocycles. The Morgan fingerprint density at radius 1 is 1.21 bits per heavy atom. The Balaban J connectivity index is 1.28. The highest BCUT2D eigenvalue weighted by atomic mass is 35.5. The molecular weight excluding hydrogens is 540 g/mol. The van der Waals surface area contributed by atoms with Crippen LogP contribution in [0.4, 0.5) is 5.95 Å². The summed E-state index contributed by atoms with van der Waals surface area (Å²) in [7, 11) is -3.20. The van der Waals surface area contributed by atoms with Crippen LogP contribution in [0.3, 0.4) is 0 Å². The number of sulfonamides is 1. The smallest absolute Gasteiger partial charge is 0.223 e. The molecule has 1 aromatic carbocycles. The maximum Gasteiger partial charge on any atom is 0.223 e. The molecule has 0 unspecified atom stereocenters. The van der Waals surface area contributed by atoms with Crippen LogP contribution < -0.4 is 10.6 Å². The number of aromatic nitrogens is 4. The highest BCUT2D eigenvalue weighted by molar-refractivity contribution is 7.88. The fraction of sp³-hybridized carbons (Fsp3) is 0.462. The lowest BCUT2D eigenvalue weighted by molar-refractivity contribution is 0.0699. The number of nitrogens with one attached hydrogen (secondary N) is 2. The highest BCUT2D eigenvalue weighted by Gasteiger charge is 2.25. The molecule has 3 aromatic rings. The van der Waals surface area contributed by atoms with Crippen molar-refractivity contribution in [3.05, 3.63) is 52.9 Å². The maximum absolute atomic E-state index is 11.8. The summed E-state index contributed by atoms with van der Waals surface area (Å²) in [6.45, 7) is 3.15. The summed E-state index contributed by atoms with van der Waals surface area (Å²) < 4.78 is 32.2. The van der Waals surface area contributed by atoms with Crippen LogP contribution in [0.2, 0.25) is 5.02 Å². The van der Waals surface area contributed by atoms with Gasteiger partial charge in [-0.1, -0.05) is 17.7 Å². The third-order valence-electron chi connectivity index (χ3n) is 7.04. The molecule has 5 rings (SSSR count). The predicted molar refractivity (Wildman–Crippen MR) is 148 cm³/mol. The normalized spacial score (nSPS) is 19.1. The Labute approximate surface area is 233 Å². The van der Waals surface area contributed by atoms with Crippen LogP contribution >= 0.6 is 11.6 Å². The van der Waals surface area contributed by atoms with Crippen LogP contribution in [0.15, 0.2) is 36.8 Å². The molecule has 0 spiro atoms. The van der Waals surface area contributed by atoms with Crippen LogP contribution in [-0.2, 0) is 21.3 Å². The summed E-state index contributed by atoms with van der Waals surface area (Å²) in [6, 6.07) is 8.41. The molecule has 0 radical (unpaired) electrons. The molecule has 206 valence electrons. The minimum Gasteiger partial charge on any atom is -0.380 e. The molecule has 0 bridgehead atoms. The second-order valence-corrected chi connectivity index (χ2v) is 12.3. The van der Waals surface area contributed by atoms with Gasteiger partial charge in [0.25, 0.3) is 0 Å². The van der Waals surface area contributed by atoms with E-state index < -0.39 is 10.0 Å². The van der Waals surface area contributed by atoms with Crippen molar-refractivity contribution in [3.8, 4) is 23.0 Å². The van der Waals surface area contributed by atoms with Crippen LogP contribution in [0, 0.1) is 11.3 Å². The Morgan fingerprint density at radius 3 is 2.72 bits per heavy atom. The first-order valence-corrected chi connectivity index (χ1v) is 15.2. The summed E-state index contributed by atoms with van der Waals surface area (Å²) in [4.78, 5) is 8.91. The molecule has 1 atom stereocenters. The first kappa shape index (κ1) is 27.5. The summed E-state index contributed by atoms with van der Waals surface area (Å²) in [5.41, 5.74) is 3.23. The molecule has 2 saturated heterocycles. The zero-order valence-electron chi connectivity index (χ0n) is 21.7. The van der Waals surface area contributed by atoms with Crippen molar-refractivity contribution in [2.24, 2.45) is 0 Å². The van der Waals surface area contributed by atoms with Gasteiger partial charge in [0.2, 0.25) is 16.0 Å². The van der Waals surface area contributed by atoms with Crippen LogP contribution in [0.1, 0.15) is 36.8 Å². The van der Waals surface area contributed by atoms with Crippen molar-refractivity contribution in [1.29, 1.82) is 5.26 Å². The van der Waals surface area contributed by atoms with Crippen molar-refractivity contribution in [3.63, 3.8) is 0 Å². The topological polar surface area (TPSA) is 138 Å². The zero-order valence-corrected chi connectivity index (χ0v) is 23.2. The molecular formula is C26H31ClN8O3S. The largest absolute Gasteiger partial charge is 0.380 e. The minimum absolute atomic E-state index is 0.0314. The second kappa shape index (κ2) is 12.0. The zero-order chi connectivity index (χ0) is 27.4. The van der Waals surface area contributed by atoms with Gasteiger partial charge in [0, 0.05) is 50.1 Å². The van der Waals surface area contributed by atoms with E-state index in [-0.39, 0.29) is 6.04 Å². The van der Waals surface area contributed by atoms with Gasteiger partial charge >= 0.3 is 0 Å². The van der Waals surface area contributed by atoms with E-state index in [0.717, 1.165) is 37.3 Å². The van der Waals surface area contributed by atoms with E-state index in [1.54, 1.807) is 17.1 Å². The standard InChI is InChI=1S/C26H31ClN8O3S/c1-39(36,37)34-8-6-21(7-9-34)32-26-30-14-19(12-28)25(33-26)20-15-31-35(16-20)24-5-4-18(11-23(24)27)13-29-22-3-2-10-38-17-22/h4-5,11,14-16,21-22,29H,2-3,6-10,13,17H2,1H3,(H,30,32,33)/t22-/m0/s1. The van der Waals surface area contributed by atoms with Crippen LogP contribution in [0.25, 0.3) is 16.9 Å². The molecule has 11 nitrogen and oxygen atoms in total. The molecule has 2 fully saturated rings. The van der Waals surface area contributed by atoms with Gasteiger partial charge in [0.1, 0.15) is 6.07 Å². The number of benzene rings is 1. The van der Waals surface area contributed by atoms with E-state index in [2.05, 4.69) is 31.8 Å². The molecule has 0 amide bonds. The average Bonchev–Trinajstić information content (AvgIpc) is 3.42. The van der Waals surface area contributed by atoms with Gasteiger partial charge in [-0.25, -0.2) is 27.4 Å². The van der Waals surface area contributed by atoms with E-state index in [4.69, 9.17) is 16.3 Å². The summed E-state index contributed by atoms with van der Waals surface area (Å²) in [6.07, 6.45) is 9.60. The molecule has 2 N–H and O–H groups in total. The average molecular weight is 571 g/mol. The first-order chi connectivity index (χ1) is 18.8. The van der Waals surface area contributed by atoms with Crippen molar-refractivity contribution in [1.82, 2.24) is 29.4 Å². The lowest BCUT2D eigenvalue weighted by Crippen LogP contribution is -2.42. The molecule has 2 aliphatic rings. The number of anilines is 1. The van der Waals surface area contributed by atoms with E-state index in [1.807, 2.05) is 18.2 Å². The second-order valence-electron chi connectivity index (χ2n) is 9.90. The lowest BCUT2D eigenvalue weighted by Gasteiger charge is -2.30. The third-order valence-corrected chi connectivity index (χ3v) is 8.64. The molecule has 13 heteroatoms. The number of nitriles is 1. The van der Waals surface area contributed by atoms with E-state index in [9.17, 15) is 13.7 Å². The summed E-state index contributed by atoms with van der Waals surface area (Å²) in [5.74, 6) is 0.382. The van der Waals surface area contributed by atoms with E-state index >= 15 is 0 Å². The van der Waals surface area contributed by atoms with Crippen LogP contribution in [-0.4, -0.2) is 77.1 Å². The molecule has 0 saturated carbocycles. The number of hydrogen-bond acceptors (Lipinski definition) is 9. The number of nitrogens with zero attached hydrogens (tertiary/aromatic N) is 6. The van der Waals surface area contributed by atoms with Crippen molar-refractivity contribution < 1.29 is 13.2 Å². The van der Waals surface area contributed by atoms with Gasteiger partial charge in [0.15, 0.2) is 0 Å². The van der Waals surface area contributed by atoms with Gasteiger partial charge in [-0.2, -0.15) is 10.4 Å². The Bertz CT molecular complexity index is 1460. The number of hydrogen-bond donors (Lipinski definition) is 2. The van der Waals surface area contributed by atoms with Gasteiger partial charge in [-0.15, -0.1) is 0 Å². The Morgan fingerprint density at radius 2 is 2.03 bits per heavy atom.